The lowest BCUT2D eigenvalue weighted by Gasteiger charge is -2.20. The Morgan fingerprint density at radius 2 is 1.70 bits per heavy atom. The van der Waals surface area contributed by atoms with Crippen molar-refractivity contribution in [3.05, 3.63) is 126 Å². The zero-order chi connectivity index (χ0) is 31.6. The molecular weight excluding hydrogens is 544 g/mol. The summed E-state index contributed by atoms with van der Waals surface area (Å²) in [5.74, 6) is 0.293. The summed E-state index contributed by atoms with van der Waals surface area (Å²) in [5, 5.41) is 13.7. The van der Waals surface area contributed by atoms with Gasteiger partial charge in [-0.3, -0.25) is 9.59 Å². The van der Waals surface area contributed by atoms with Crippen LogP contribution < -0.4 is 5.32 Å². The smallest absolute Gasteiger partial charge is 0.303 e. The maximum atomic E-state index is 13.9. The maximum Gasteiger partial charge on any atom is 0.303 e. The number of ketones is 1. The van der Waals surface area contributed by atoms with Crippen LogP contribution in [0.3, 0.4) is 0 Å². The fraction of sp³-hybridized carbons (Fsp3) is 0.333. The molecule has 5 nitrogen and oxygen atoms in total. The molecule has 0 aliphatic heterocycles. The predicted octanol–water partition coefficient (Wildman–Crippen LogP) is 9.64. The number of carboxylic acids is 1. The summed E-state index contributed by atoms with van der Waals surface area (Å²) in [6.45, 7) is 13.6. The van der Waals surface area contributed by atoms with Crippen molar-refractivity contribution in [3.8, 4) is 0 Å². The van der Waals surface area contributed by atoms with E-state index < -0.39 is 5.97 Å². The van der Waals surface area contributed by atoms with Crippen LogP contribution in [0.1, 0.15) is 86.5 Å². The molecule has 1 unspecified atom stereocenters. The first kappa shape index (κ1) is 32.5. The number of hydrogen-bond donors (Lipinski definition) is 2. The number of aromatic nitrogens is 1. The van der Waals surface area contributed by atoms with E-state index in [4.69, 9.17) is 5.11 Å². The number of nitrogens with zero attached hydrogens (tertiary/aromatic N) is 1. The lowest BCUT2D eigenvalue weighted by molar-refractivity contribution is -0.137. The third-order valence-electron chi connectivity index (χ3n) is 7.71. The van der Waals surface area contributed by atoms with Gasteiger partial charge in [0.05, 0.1) is 6.04 Å². The first-order chi connectivity index (χ1) is 21.1. The molecule has 0 bridgehead atoms. The third kappa shape index (κ3) is 9.06. The van der Waals surface area contributed by atoms with Gasteiger partial charge in [0.25, 0.3) is 0 Å². The molecule has 3 aromatic carbocycles. The van der Waals surface area contributed by atoms with Crippen LogP contribution in [-0.2, 0) is 17.8 Å². The average Bonchev–Trinajstić information content (AvgIpc) is 3.34. The highest BCUT2D eigenvalue weighted by Crippen LogP contribution is 2.28. The van der Waals surface area contributed by atoms with Crippen LogP contribution in [0.4, 0.5) is 5.69 Å². The van der Waals surface area contributed by atoms with Crippen molar-refractivity contribution in [3.63, 3.8) is 0 Å². The molecule has 2 N–H and O–H groups in total. The first-order valence-electron chi connectivity index (χ1n) is 15.7. The van der Waals surface area contributed by atoms with Gasteiger partial charge in [-0.05, 0) is 66.8 Å². The molecule has 1 atom stereocenters. The number of aliphatic carboxylic acids is 1. The largest absolute Gasteiger partial charge is 0.481 e. The minimum absolute atomic E-state index is 0.0210. The Balaban J connectivity index is 1.58. The van der Waals surface area contributed by atoms with E-state index in [1.807, 2.05) is 59.3 Å². The number of fused-ring (bicyclic) bond motifs is 1. The van der Waals surface area contributed by atoms with E-state index in [0.29, 0.717) is 35.9 Å². The molecule has 0 aliphatic rings. The van der Waals surface area contributed by atoms with E-state index >= 15 is 0 Å². The molecule has 1 aromatic heterocycles. The topological polar surface area (TPSA) is 71.3 Å². The molecule has 0 fully saturated rings. The summed E-state index contributed by atoms with van der Waals surface area (Å²) >= 11 is 0. The van der Waals surface area contributed by atoms with Crippen LogP contribution in [0.5, 0.6) is 0 Å². The number of carbonyl (C=O) groups is 2. The molecule has 44 heavy (non-hydrogen) atoms. The highest BCUT2D eigenvalue weighted by Gasteiger charge is 2.18. The standard InChI is InChI=1S/C39H46N2O3/c1-27(2)23-29(5)11-8-15-36(31-20-18-30(19-21-31)24-28(3)4)40-33-13-9-12-32(25-33)39(44)35-26-41(22-10-17-38(42)43)37-16-7-6-14-34(35)37/h6-9,11-14,16,18-21,25-28,36,40H,5,10,15,17,22-24H2,1-4H3,(H,42,43)/b11-8-. The number of carboxylic acid groups (broad SMARTS) is 1. The van der Waals surface area contributed by atoms with E-state index in [9.17, 15) is 9.59 Å². The number of carbonyl (C=O) groups excluding carboxylic acids is 1. The molecule has 5 heteroatoms. The van der Waals surface area contributed by atoms with Crippen LogP contribution in [0, 0.1) is 11.8 Å². The van der Waals surface area contributed by atoms with Crippen molar-refractivity contribution in [1.82, 2.24) is 4.57 Å². The molecular formula is C39H46N2O3. The minimum atomic E-state index is -0.817. The average molecular weight is 591 g/mol. The molecule has 1 heterocycles. The normalized spacial score (nSPS) is 12.3. The van der Waals surface area contributed by atoms with Crippen molar-refractivity contribution in [2.75, 3.05) is 5.32 Å². The van der Waals surface area contributed by atoms with Gasteiger partial charge >= 0.3 is 5.97 Å². The van der Waals surface area contributed by atoms with Gasteiger partial charge in [-0.1, -0.05) is 107 Å². The van der Waals surface area contributed by atoms with Crippen LogP contribution in [0.25, 0.3) is 10.9 Å². The highest BCUT2D eigenvalue weighted by molar-refractivity contribution is 6.16. The molecule has 4 aromatic rings. The Morgan fingerprint density at radius 1 is 0.955 bits per heavy atom. The van der Waals surface area contributed by atoms with Gasteiger partial charge in [0.2, 0.25) is 0 Å². The van der Waals surface area contributed by atoms with Gasteiger partial charge in [-0.2, -0.15) is 0 Å². The molecule has 0 saturated heterocycles. The summed E-state index contributed by atoms with van der Waals surface area (Å²) in [5.41, 5.74) is 6.69. The summed E-state index contributed by atoms with van der Waals surface area (Å²) in [4.78, 5) is 24.9. The van der Waals surface area contributed by atoms with Crippen LogP contribution in [0.15, 0.2) is 103 Å². The van der Waals surface area contributed by atoms with E-state index in [1.165, 1.54) is 11.1 Å². The lowest BCUT2D eigenvalue weighted by atomic mass is 9.97. The number of benzene rings is 3. The number of rotatable bonds is 16. The number of hydrogen-bond acceptors (Lipinski definition) is 3. The molecule has 4 rings (SSSR count). The lowest BCUT2D eigenvalue weighted by Crippen LogP contribution is -2.11. The Hall–Kier alpha value is -4.38. The summed E-state index contributed by atoms with van der Waals surface area (Å²) in [7, 11) is 0. The SMILES string of the molecule is C=C(/C=C\CC(Nc1cccc(C(=O)c2cn(CCCC(=O)O)c3ccccc23)c1)c1ccc(CC(C)C)cc1)CC(C)C. The Kier molecular flexibility index (Phi) is 11.4. The molecule has 0 amide bonds. The maximum absolute atomic E-state index is 13.9. The minimum Gasteiger partial charge on any atom is -0.481 e. The second-order valence-corrected chi connectivity index (χ2v) is 12.6. The van der Waals surface area contributed by atoms with Crippen molar-refractivity contribution in [2.45, 2.75) is 72.4 Å². The second-order valence-electron chi connectivity index (χ2n) is 12.6. The molecule has 0 radical (unpaired) electrons. The zero-order valence-corrected chi connectivity index (χ0v) is 26.6. The fourth-order valence-corrected chi connectivity index (χ4v) is 5.72. The Bertz CT molecular complexity index is 1610. The summed E-state index contributed by atoms with van der Waals surface area (Å²) in [6.07, 6.45) is 9.58. The van der Waals surface area contributed by atoms with Gasteiger partial charge < -0.3 is 15.0 Å². The summed E-state index contributed by atoms with van der Waals surface area (Å²) < 4.78 is 1.99. The van der Waals surface area contributed by atoms with Crippen molar-refractivity contribution >= 4 is 28.3 Å². The first-order valence-corrected chi connectivity index (χ1v) is 15.7. The fourth-order valence-electron chi connectivity index (χ4n) is 5.72. The van der Waals surface area contributed by atoms with E-state index in [2.05, 4.69) is 76.0 Å². The van der Waals surface area contributed by atoms with E-state index in [1.54, 1.807) is 0 Å². The Labute approximate surface area is 262 Å². The Morgan fingerprint density at radius 3 is 2.41 bits per heavy atom. The van der Waals surface area contributed by atoms with Crippen molar-refractivity contribution in [1.29, 1.82) is 0 Å². The van der Waals surface area contributed by atoms with Crippen molar-refractivity contribution < 1.29 is 14.7 Å². The number of para-hydroxylation sites is 1. The van der Waals surface area contributed by atoms with Gasteiger partial charge in [0, 0.05) is 46.9 Å². The van der Waals surface area contributed by atoms with Gasteiger partial charge in [-0.15, -0.1) is 0 Å². The van der Waals surface area contributed by atoms with Crippen LogP contribution >= 0.6 is 0 Å². The number of aryl methyl sites for hydroxylation is 1. The number of allylic oxidation sites excluding steroid dienone is 2. The monoisotopic (exact) mass is 590 g/mol. The van der Waals surface area contributed by atoms with Crippen LogP contribution in [0.2, 0.25) is 0 Å². The van der Waals surface area contributed by atoms with Gasteiger partial charge in [0.1, 0.15) is 0 Å². The number of nitrogens with one attached hydrogen (secondary N) is 1. The number of anilines is 1. The molecule has 0 spiro atoms. The quantitative estimate of drug-likeness (QED) is 0.101. The zero-order valence-electron chi connectivity index (χ0n) is 26.6. The van der Waals surface area contributed by atoms with Crippen molar-refractivity contribution in [2.24, 2.45) is 11.8 Å². The van der Waals surface area contributed by atoms with Gasteiger partial charge in [-0.25, -0.2) is 0 Å². The van der Waals surface area contributed by atoms with E-state index in [0.717, 1.165) is 41.4 Å². The molecule has 0 saturated carbocycles. The third-order valence-corrected chi connectivity index (χ3v) is 7.71. The second kappa shape index (κ2) is 15.4. The molecule has 230 valence electrons. The molecule has 0 aliphatic carbocycles. The van der Waals surface area contributed by atoms with E-state index in [-0.39, 0.29) is 18.2 Å². The predicted molar refractivity (Wildman–Crippen MR) is 182 cm³/mol. The summed E-state index contributed by atoms with van der Waals surface area (Å²) in [6, 6.07) is 24.4. The van der Waals surface area contributed by atoms with Crippen LogP contribution in [-0.4, -0.2) is 21.4 Å². The highest BCUT2D eigenvalue weighted by atomic mass is 16.4. The van der Waals surface area contributed by atoms with Gasteiger partial charge in [0.15, 0.2) is 5.78 Å².